The SMILES string of the molecule is CNc1ccccc1C(=O)CC(=O)N1CCC[C@H]1C(=O)OC. The summed E-state index contributed by atoms with van der Waals surface area (Å²) in [6.45, 7) is 0.486. The zero-order chi connectivity index (χ0) is 16.1. The van der Waals surface area contributed by atoms with Crippen molar-refractivity contribution in [2.45, 2.75) is 25.3 Å². The molecule has 22 heavy (non-hydrogen) atoms. The van der Waals surface area contributed by atoms with Crippen molar-refractivity contribution in [3.05, 3.63) is 29.8 Å². The van der Waals surface area contributed by atoms with Gasteiger partial charge >= 0.3 is 5.97 Å². The van der Waals surface area contributed by atoms with E-state index < -0.39 is 12.0 Å². The van der Waals surface area contributed by atoms with Gasteiger partial charge in [0.25, 0.3) is 0 Å². The van der Waals surface area contributed by atoms with E-state index >= 15 is 0 Å². The van der Waals surface area contributed by atoms with Gasteiger partial charge in [-0.05, 0) is 25.0 Å². The molecule has 118 valence electrons. The highest BCUT2D eigenvalue weighted by atomic mass is 16.5. The first-order valence-electron chi connectivity index (χ1n) is 7.25. The number of hydrogen-bond donors (Lipinski definition) is 1. The van der Waals surface area contributed by atoms with E-state index in [4.69, 9.17) is 4.74 Å². The van der Waals surface area contributed by atoms with Gasteiger partial charge in [0.1, 0.15) is 6.04 Å². The fourth-order valence-corrected chi connectivity index (χ4v) is 2.72. The van der Waals surface area contributed by atoms with Crippen molar-refractivity contribution in [3.8, 4) is 0 Å². The van der Waals surface area contributed by atoms with Crippen LogP contribution in [0.3, 0.4) is 0 Å². The molecule has 0 unspecified atom stereocenters. The first kappa shape index (κ1) is 16.0. The normalized spacial score (nSPS) is 17.2. The van der Waals surface area contributed by atoms with Gasteiger partial charge < -0.3 is 15.0 Å². The molecule has 2 rings (SSSR count). The summed E-state index contributed by atoms with van der Waals surface area (Å²) in [5.41, 5.74) is 1.17. The lowest BCUT2D eigenvalue weighted by Crippen LogP contribution is -2.41. The summed E-state index contributed by atoms with van der Waals surface area (Å²) in [4.78, 5) is 37.8. The number of nitrogens with one attached hydrogen (secondary N) is 1. The highest BCUT2D eigenvalue weighted by molar-refractivity contribution is 6.10. The van der Waals surface area contributed by atoms with E-state index in [1.807, 2.05) is 6.07 Å². The number of para-hydroxylation sites is 1. The molecule has 0 spiro atoms. The van der Waals surface area contributed by atoms with Crippen LogP contribution in [0.1, 0.15) is 29.6 Å². The van der Waals surface area contributed by atoms with E-state index in [2.05, 4.69) is 5.32 Å². The molecule has 1 atom stereocenters. The number of ketones is 1. The van der Waals surface area contributed by atoms with Gasteiger partial charge in [-0.2, -0.15) is 0 Å². The van der Waals surface area contributed by atoms with Crippen molar-refractivity contribution in [3.63, 3.8) is 0 Å². The van der Waals surface area contributed by atoms with Crippen molar-refractivity contribution in [2.75, 3.05) is 26.0 Å². The maximum atomic E-state index is 12.3. The van der Waals surface area contributed by atoms with Crippen LogP contribution < -0.4 is 5.32 Å². The Hall–Kier alpha value is -2.37. The largest absolute Gasteiger partial charge is 0.467 e. The average Bonchev–Trinajstić information content (AvgIpc) is 3.03. The van der Waals surface area contributed by atoms with Crippen LogP contribution in [0.25, 0.3) is 0 Å². The molecule has 0 aromatic heterocycles. The molecule has 1 heterocycles. The van der Waals surface area contributed by atoms with Crippen molar-refractivity contribution in [1.29, 1.82) is 0 Å². The van der Waals surface area contributed by atoms with Crippen LogP contribution in [0.5, 0.6) is 0 Å². The topological polar surface area (TPSA) is 75.7 Å². The zero-order valence-corrected chi connectivity index (χ0v) is 12.8. The summed E-state index contributed by atoms with van der Waals surface area (Å²) < 4.78 is 4.71. The molecular weight excluding hydrogens is 284 g/mol. The van der Waals surface area contributed by atoms with Crippen molar-refractivity contribution >= 4 is 23.3 Å². The van der Waals surface area contributed by atoms with Gasteiger partial charge in [-0.1, -0.05) is 12.1 Å². The van der Waals surface area contributed by atoms with E-state index in [1.165, 1.54) is 12.0 Å². The van der Waals surface area contributed by atoms with Gasteiger partial charge in [0.15, 0.2) is 5.78 Å². The molecule has 0 aliphatic carbocycles. The maximum absolute atomic E-state index is 12.3. The number of anilines is 1. The molecule has 1 aliphatic heterocycles. The third kappa shape index (κ3) is 3.27. The predicted molar refractivity (Wildman–Crippen MR) is 81.7 cm³/mol. The molecule has 1 saturated heterocycles. The van der Waals surface area contributed by atoms with Gasteiger partial charge in [-0.25, -0.2) is 4.79 Å². The number of carbonyl (C=O) groups is 3. The Morgan fingerprint density at radius 3 is 2.73 bits per heavy atom. The Labute approximate surface area is 129 Å². The van der Waals surface area contributed by atoms with Crippen molar-refractivity contribution in [2.24, 2.45) is 0 Å². The number of rotatable bonds is 5. The monoisotopic (exact) mass is 304 g/mol. The highest BCUT2D eigenvalue weighted by Crippen LogP contribution is 2.21. The molecule has 6 heteroatoms. The zero-order valence-electron chi connectivity index (χ0n) is 12.8. The van der Waals surface area contributed by atoms with E-state index in [1.54, 1.807) is 25.2 Å². The number of benzene rings is 1. The van der Waals surface area contributed by atoms with E-state index in [0.29, 0.717) is 24.2 Å². The number of ether oxygens (including phenoxy) is 1. The van der Waals surface area contributed by atoms with Crippen LogP contribution in [0, 0.1) is 0 Å². The van der Waals surface area contributed by atoms with Gasteiger partial charge in [0, 0.05) is 24.8 Å². The fraction of sp³-hybridized carbons (Fsp3) is 0.438. The molecule has 6 nitrogen and oxygen atoms in total. The van der Waals surface area contributed by atoms with E-state index in [-0.39, 0.29) is 18.1 Å². The standard InChI is InChI=1S/C16H20N2O4/c1-17-12-7-4-3-6-11(12)14(19)10-15(20)18-9-5-8-13(18)16(21)22-2/h3-4,6-7,13,17H,5,8-10H2,1-2H3/t13-/m0/s1. The number of nitrogens with zero attached hydrogens (tertiary/aromatic N) is 1. The minimum Gasteiger partial charge on any atom is -0.467 e. The van der Waals surface area contributed by atoms with E-state index in [9.17, 15) is 14.4 Å². The number of esters is 1. The number of amides is 1. The molecule has 1 aromatic rings. The Balaban J connectivity index is 2.08. The van der Waals surface area contributed by atoms with Crippen LogP contribution in [0.2, 0.25) is 0 Å². The van der Waals surface area contributed by atoms with Gasteiger partial charge in [-0.3, -0.25) is 9.59 Å². The summed E-state index contributed by atoms with van der Waals surface area (Å²) in [7, 11) is 3.03. The minimum absolute atomic E-state index is 0.244. The van der Waals surface area contributed by atoms with Crippen LogP contribution >= 0.6 is 0 Å². The Kier molecular flexibility index (Phi) is 5.14. The Morgan fingerprint density at radius 2 is 2.05 bits per heavy atom. The minimum atomic E-state index is -0.565. The Morgan fingerprint density at radius 1 is 1.32 bits per heavy atom. The van der Waals surface area contributed by atoms with Crippen LogP contribution in [-0.2, 0) is 14.3 Å². The van der Waals surface area contributed by atoms with Crippen molar-refractivity contribution < 1.29 is 19.1 Å². The van der Waals surface area contributed by atoms with Crippen LogP contribution in [0.15, 0.2) is 24.3 Å². The van der Waals surface area contributed by atoms with Crippen LogP contribution in [0.4, 0.5) is 5.69 Å². The first-order chi connectivity index (χ1) is 10.6. The molecule has 0 saturated carbocycles. The molecule has 1 N–H and O–H groups in total. The smallest absolute Gasteiger partial charge is 0.328 e. The van der Waals surface area contributed by atoms with Gasteiger partial charge in [0.05, 0.1) is 13.5 Å². The molecular formula is C16H20N2O4. The van der Waals surface area contributed by atoms with Gasteiger partial charge in [-0.15, -0.1) is 0 Å². The summed E-state index contributed by atoms with van der Waals surface area (Å²) in [6, 6.07) is 6.47. The highest BCUT2D eigenvalue weighted by Gasteiger charge is 2.35. The lowest BCUT2D eigenvalue weighted by atomic mass is 10.1. The summed E-state index contributed by atoms with van der Waals surface area (Å²) in [5.74, 6) is -1.01. The van der Waals surface area contributed by atoms with Gasteiger partial charge in [0.2, 0.25) is 5.91 Å². The second-order valence-corrected chi connectivity index (χ2v) is 5.16. The molecule has 1 aromatic carbocycles. The quantitative estimate of drug-likeness (QED) is 0.506. The average molecular weight is 304 g/mol. The third-order valence-corrected chi connectivity index (χ3v) is 3.85. The molecule has 1 amide bonds. The lowest BCUT2D eigenvalue weighted by molar-refractivity contribution is -0.150. The molecule has 1 fully saturated rings. The number of hydrogen-bond acceptors (Lipinski definition) is 5. The summed E-state index contributed by atoms with van der Waals surface area (Å²) in [6.07, 6.45) is 1.08. The maximum Gasteiger partial charge on any atom is 0.328 e. The second-order valence-electron chi connectivity index (χ2n) is 5.16. The van der Waals surface area contributed by atoms with Crippen molar-refractivity contribution in [1.82, 2.24) is 4.90 Å². The van der Waals surface area contributed by atoms with E-state index in [0.717, 1.165) is 6.42 Å². The fourth-order valence-electron chi connectivity index (χ4n) is 2.72. The Bertz CT molecular complexity index is 585. The summed E-state index contributed by atoms with van der Waals surface area (Å²) in [5, 5.41) is 2.94. The lowest BCUT2D eigenvalue weighted by Gasteiger charge is -2.22. The second kappa shape index (κ2) is 7.06. The molecule has 0 bridgehead atoms. The number of likely N-dealkylation sites (tertiary alicyclic amines) is 1. The number of Topliss-reactive ketones (excluding diaryl/α,β-unsaturated/α-hetero) is 1. The first-order valence-corrected chi connectivity index (χ1v) is 7.25. The van der Waals surface area contributed by atoms with Crippen LogP contribution in [-0.4, -0.2) is 49.3 Å². The third-order valence-electron chi connectivity index (χ3n) is 3.85. The number of carbonyl (C=O) groups excluding carboxylic acids is 3. The predicted octanol–water partition coefficient (Wildman–Crippen LogP) is 1.47. The number of methoxy groups -OCH3 is 1. The summed E-state index contributed by atoms with van der Waals surface area (Å²) >= 11 is 0. The molecule has 0 radical (unpaired) electrons. The molecule has 1 aliphatic rings.